The van der Waals surface area contributed by atoms with Gasteiger partial charge >= 0.3 is 0 Å². The van der Waals surface area contributed by atoms with Gasteiger partial charge in [-0.15, -0.1) is 0 Å². The van der Waals surface area contributed by atoms with Crippen LogP contribution in [0.5, 0.6) is 0 Å². The van der Waals surface area contributed by atoms with Crippen LogP contribution in [0.4, 0.5) is 0 Å². The van der Waals surface area contributed by atoms with Crippen LogP contribution in [0, 0.1) is 6.92 Å². The van der Waals surface area contributed by atoms with Crippen molar-refractivity contribution in [1.29, 1.82) is 0 Å². The highest BCUT2D eigenvalue weighted by molar-refractivity contribution is 5.86. The third kappa shape index (κ3) is 4.71. The van der Waals surface area contributed by atoms with Crippen molar-refractivity contribution in [2.75, 3.05) is 19.6 Å². The SMILES string of the molecule is Cc1cccc(CNC[C@@]2(O)CCCN(CCc3ccccc3)C2=O)c1. The number of hydrogen-bond donors (Lipinski definition) is 2. The van der Waals surface area contributed by atoms with E-state index in [-0.39, 0.29) is 5.91 Å². The number of piperidine rings is 1. The molecule has 1 aliphatic rings. The fourth-order valence-electron chi connectivity index (χ4n) is 3.59. The van der Waals surface area contributed by atoms with Crippen LogP contribution in [0.3, 0.4) is 0 Å². The smallest absolute Gasteiger partial charge is 0.255 e. The number of rotatable bonds is 7. The maximum atomic E-state index is 12.8. The Balaban J connectivity index is 1.53. The van der Waals surface area contributed by atoms with E-state index in [1.54, 1.807) is 0 Å². The van der Waals surface area contributed by atoms with Crippen molar-refractivity contribution in [1.82, 2.24) is 10.2 Å². The van der Waals surface area contributed by atoms with Crippen LogP contribution in [-0.2, 0) is 17.8 Å². The molecule has 0 unspecified atom stereocenters. The second-order valence-electron chi connectivity index (χ2n) is 7.26. The van der Waals surface area contributed by atoms with E-state index in [0.29, 0.717) is 26.1 Å². The van der Waals surface area contributed by atoms with E-state index in [4.69, 9.17) is 0 Å². The molecule has 0 radical (unpaired) electrons. The van der Waals surface area contributed by atoms with Crippen LogP contribution in [0.15, 0.2) is 54.6 Å². The Kier molecular flexibility index (Phi) is 6.07. The number of aliphatic hydroxyl groups is 1. The largest absolute Gasteiger partial charge is 0.379 e. The molecule has 0 saturated carbocycles. The van der Waals surface area contributed by atoms with E-state index in [1.807, 2.05) is 29.2 Å². The summed E-state index contributed by atoms with van der Waals surface area (Å²) in [7, 11) is 0. The van der Waals surface area contributed by atoms with Gasteiger partial charge in [-0.3, -0.25) is 4.79 Å². The molecule has 26 heavy (non-hydrogen) atoms. The Morgan fingerprint density at radius 1 is 1.12 bits per heavy atom. The summed E-state index contributed by atoms with van der Waals surface area (Å²) in [5, 5.41) is 14.2. The van der Waals surface area contributed by atoms with E-state index in [1.165, 1.54) is 11.1 Å². The zero-order chi connectivity index (χ0) is 18.4. The van der Waals surface area contributed by atoms with Gasteiger partial charge in [0.2, 0.25) is 0 Å². The van der Waals surface area contributed by atoms with E-state index in [9.17, 15) is 9.90 Å². The first-order valence-corrected chi connectivity index (χ1v) is 9.39. The molecule has 1 saturated heterocycles. The third-order valence-corrected chi connectivity index (χ3v) is 5.05. The molecule has 138 valence electrons. The van der Waals surface area contributed by atoms with Crippen LogP contribution >= 0.6 is 0 Å². The van der Waals surface area contributed by atoms with Crippen LogP contribution in [-0.4, -0.2) is 41.1 Å². The van der Waals surface area contributed by atoms with Gasteiger partial charge in [0, 0.05) is 26.2 Å². The van der Waals surface area contributed by atoms with Gasteiger partial charge in [-0.1, -0.05) is 60.2 Å². The summed E-state index contributed by atoms with van der Waals surface area (Å²) in [6.07, 6.45) is 2.18. The van der Waals surface area contributed by atoms with Crippen molar-refractivity contribution in [3.05, 3.63) is 71.3 Å². The highest BCUT2D eigenvalue weighted by atomic mass is 16.3. The minimum absolute atomic E-state index is 0.142. The highest BCUT2D eigenvalue weighted by Gasteiger charge is 2.41. The minimum Gasteiger partial charge on any atom is -0.379 e. The maximum absolute atomic E-state index is 12.8. The molecule has 1 heterocycles. The topological polar surface area (TPSA) is 52.6 Å². The molecule has 2 N–H and O–H groups in total. The molecule has 1 atom stereocenters. The molecule has 1 aliphatic heterocycles. The molecule has 4 heteroatoms. The van der Waals surface area contributed by atoms with Crippen molar-refractivity contribution >= 4 is 5.91 Å². The van der Waals surface area contributed by atoms with Gasteiger partial charge in [0.1, 0.15) is 0 Å². The van der Waals surface area contributed by atoms with Crippen LogP contribution in [0.2, 0.25) is 0 Å². The van der Waals surface area contributed by atoms with Gasteiger partial charge in [0.15, 0.2) is 5.60 Å². The van der Waals surface area contributed by atoms with Crippen molar-refractivity contribution in [3.8, 4) is 0 Å². The summed E-state index contributed by atoms with van der Waals surface area (Å²) in [4.78, 5) is 14.6. The van der Waals surface area contributed by atoms with Gasteiger partial charge in [0.25, 0.3) is 5.91 Å². The number of benzene rings is 2. The Labute approximate surface area is 155 Å². The average Bonchev–Trinajstić information content (AvgIpc) is 2.64. The molecular formula is C22H28N2O2. The van der Waals surface area contributed by atoms with Gasteiger partial charge in [-0.25, -0.2) is 0 Å². The lowest BCUT2D eigenvalue weighted by molar-refractivity contribution is -0.156. The number of carbonyl (C=O) groups excluding carboxylic acids is 1. The summed E-state index contributed by atoms with van der Waals surface area (Å²) < 4.78 is 0. The maximum Gasteiger partial charge on any atom is 0.255 e. The zero-order valence-electron chi connectivity index (χ0n) is 15.4. The Morgan fingerprint density at radius 3 is 2.65 bits per heavy atom. The van der Waals surface area contributed by atoms with Gasteiger partial charge in [0.05, 0.1) is 0 Å². The minimum atomic E-state index is -1.29. The summed E-state index contributed by atoms with van der Waals surface area (Å²) in [5.74, 6) is -0.142. The molecule has 1 fully saturated rings. The molecule has 0 spiro atoms. The number of hydrogen-bond acceptors (Lipinski definition) is 3. The molecule has 0 aromatic heterocycles. The lowest BCUT2D eigenvalue weighted by Crippen LogP contribution is -2.58. The molecule has 0 bridgehead atoms. The molecule has 3 rings (SSSR count). The van der Waals surface area contributed by atoms with Crippen molar-refractivity contribution < 1.29 is 9.90 Å². The third-order valence-electron chi connectivity index (χ3n) is 5.05. The van der Waals surface area contributed by atoms with E-state index in [2.05, 4.69) is 42.6 Å². The first-order chi connectivity index (χ1) is 12.6. The van der Waals surface area contributed by atoms with Crippen LogP contribution in [0.25, 0.3) is 0 Å². The molecule has 2 aromatic carbocycles. The fraction of sp³-hybridized carbons (Fsp3) is 0.409. The summed E-state index contributed by atoms with van der Waals surface area (Å²) in [6.45, 7) is 4.39. The fourth-order valence-corrected chi connectivity index (χ4v) is 3.59. The van der Waals surface area contributed by atoms with E-state index >= 15 is 0 Å². The second kappa shape index (κ2) is 8.47. The van der Waals surface area contributed by atoms with Gasteiger partial charge < -0.3 is 15.3 Å². The number of aryl methyl sites for hydroxylation is 1. The van der Waals surface area contributed by atoms with Crippen molar-refractivity contribution in [3.63, 3.8) is 0 Å². The number of nitrogens with zero attached hydrogens (tertiary/aromatic N) is 1. The summed E-state index contributed by atoms with van der Waals surface area (Å²) >= 11 is 0. The van der Waals surface area contributed by atoms with Crippen LogP contribution in [0.1, 0.15) is 29.5 Å². The molecule has 0 aliphatic carbocycles. The second-order valence-corrected chi connectivity index (χ2v) is 7.26. The monoisotopic (exact) mass is 352 g/mol. The number of nitrogens with one attached hydrogen (secondary N) is 1. The Morgan fingerprint density at radius 2 is 1.88 bits per heavy atom. The predicted octanol–water partition coefficient (Wildman–Crippen LogP) is 2.68. The van der Waals surface area contributed by atoms with Gasteiger partial charge in [-0.2, -0.15) is 0 Å². The molecular weight excluding hydrogens is 324 g/mol. The summed E-state index contributed by atoms with van der Waals surface area (Å²) in [5.41, 5.74) is 2.30. The first kappa shape index (κ1) is 18.6. The zero-order valence-corrected chi connectivity index (χ0v) is 15.4. The van der Waals surface area contributed by atoms with Gasteiger partial charge in [-0.05, 0) is 37.3 Å². The Hall–Kier alpha value is -2.17. The molecule has 2 aromatic rings. The lowest BCUT2D eigenvalue weighted by Gasteiger charge is -2.38. The first-order valence-electron chi connectivity index (χ1n) is 9.39. The number of carbonyl (C=O) groups is 1. The lowest BCUT2D eigenvalue weighted by atomic mass is 9.91. The summed E-state index contributed by atoms with van der Waals surface area (Å²) in [6, 6.07) is 18.4. The molecule has 4 nitrogen and oxygen atoms in total. The Bertz CT molecular complexity index is 732. The normalized spacial score (nSPS) is 20.4. The van der Waals surface area contributed by atoms with Crippen LogP contribution < -0.4 is 5.32 Å². The molecule has 1 amide bonds. The van der Waals surface area contributed by atoms with E-state index < -0.39 is 5.60 Å². The number of likely N-dealkylation sites (tertiary alicyclic amines) is 1. The number of amides is 1. The average molecular weight is 352 g/mol. The quantitative estimate of drug-likeness (QED) is 0.806. The predicted molar refractivity (Wildman–Crippen MR) is 104 cm³/mol. The van der Waals surface area contributed by atoms with Crippen molar-refractivity contribution in [2.45, 2.75) is 38.3 Å². The van der Waals surface area contributed by atoms with E-state index in [0.717, 1.165) is 24.9 Å². The highest BCUT2D eigenvalue weighted by Crippen LogP contribution is 2.22. The standard InChI is InChI=1S/C22H28N2O2/c1-18-7-5-10-20(15-18)16-23-17-22(26)12-6-13-24(21(22)25)14-11-19-8-3-2-4-9-19/h2-5,7-10,15,23,26H,6,11-14,16-17H2,1H3/t22-/m0/s1. The van der Waals surface area contributed by atoms with Crippen molar-refractivity contribution in [2.24, 2.45) is 0 Å².